The highest BCUT2D eigenvalue weighted by Crippen LogP contribution is 2.10. The van der Waals surface area contributed by atoms with Crippen LogP contribution in [-0.2, 0) is 6.54 Å². The molecular weight excluding hydrogens is 176 g/mol. The fourth-order valence-corrected chi connectivity index (χ4v) is 1.45. The van der Waals surface area contributed by atoms with Crippen molar-refractivity contribution in [1.82, 2.24) is 9.88 Å². The summed E-state index contributed by atoms with van der Waals surface area (Å²) in [5.41, 5.74) is 0.808. The molecule has 0 bridgehead atoms. The van der Waals surface area contributed by atoms with Crippen molar-refractivity contribution in [3.8, 4) is 0 Å². The van der Waals surface area contributed by atoms with Crippen molar-refractivity contribution >= 4 is 17.3 Å². The second-order valence-electron chi connectivity index (χ2n) is 2.69. The lowest BCUT2D eigenvalue weighted by atomic mass is 10.4. The number of aromatic carboxylic acids is 1. The smallest absolute Gasteiger partial charge is 0.365 e. The number of rotatable bonds is 3. The van der Waals surface area contributed by atoms with Crippen LogP contribution in [0.5, 0.6) is 0 Å². The van der Waals surface area contributed by atoms with Gasteiger partial charge < -0.3 is 10.0 Å². The van der Waals surface area contributed by atoms with Crippen LogP contribution < -0.4 is 0 Å². The normalized spacial score (nSPS) is 10.6. The van der Waals surface area contributed by atoms with Gasteiger partial charge in [0.05, 0.1) is 5.69 Å². The maximum absolute atomic E-state index is 10.4. The van der Waals surface area contributed by atoms with E-state index in [9.17, 15) is 4.79 Å². The number of carbonyl (C=O) groups is 1. The number of carboxylic acids is 1. The van der Waals surface area contributed by atoms with Gasteiger partial charge in [-0.2, -0.15) is 0 Å². The average Bonchev–Trinajstić information content (AvgIpc) is 2.34. The first kappa shape index (κ1) is 9.15. The van der Waals surface area contributed by atoms with Gasteiger partial charge in [0.2, 0.25) is 5.01 Å². The van der Waals surface area contributed by atoms with Crippen LogP contribution >= 0.6 is 11.3 Å². The molecule has 66 valence electrons. The van der Waals surface area contributed by atoms with Crippen LogP contribution in [-0.4, -0.2) is 35.1 Å². The molecule has 0 aliphatic carbocycles. The fourth-order valence-electron chi connectivity index (χ4n) is 0.802. The lowest BCUT2D eigenvalue weighted by Gasteiger charge is -2.04. The van der Waals surface area contributed by atoms with Crippen molar-refractivity contribution in [1.29, 1.82) is 0 Å². The van der Waals surface area contributed by atoms with Crippen LogP contribution in [0, 0.1) is 0 Å². The molecule has 0 fully saturated rings. The summed E-state index contributed by atoms with van der Waals surface area (Å²) in [5.74, 6) is -0.954. The summed E-state index contributed by atoms with van der Waals surface area (Å²) >= 11 is 1.16. The van der Waals surface area contributed by atoms with Crippen LogP contribution in [0.1, 0.15) is 15.5 Å². The highest BCUT2D eigenvalue weighted by Gasteiger charge is 2.08. The molecule has 0 aromatic carbocycles. The summed E-state index contributed by atoms with van der Waals surface area (Å²) in [6, 6.07) is 0. The maximum Gasteiger partial charge on any atom is 0.365 e. The Kier molecular flexibility index (Phi) is 2.78. The van der Waals surface area contributed by atoms with Crippen LogP contribution in [0.15, 0.2) is 5.38 Å². The van der Waals surface area contributed by atoms with Gasteiger partial charge in [0.15, 0.2) is 0 Å². The first-order chi connectivity index (χ1) is 5.59. The fraction of sp³-hybridized carbons (Fsp3) is 0.429. The number of aromatic nitrogens is 1. The van der Waals surface area contributed by atoms with E-state index in [0.717, 1.165) is 17.0 Å². The van der Waals surface area contributed by atoms with E-state index in [1.165, 1.54) is 0 Å². The van der Waals surface area contributed by atoms with Crippen molar-refractivity contribution in [2.75, 3.05) is 14.1 Å². The zero-order chi connectivity index (χ0) is 9.14. The van der Waals surface area contributed by atoms with E-state index in [2.05, 4.69) is 4.98 Å². The molecule has 12 heavy (non-hydrogen) atoms. The Morgan fingerprint density at radius 3 is 2.83 bits per heavy atom. The molecule has 0 spiro atoms. The lowest BCUT2D eigenvalue weighted by molar-refractivity contribution is 0.0696. The zero-order valence-electron chi connectivity index (χ0n) is 6.94. The van der Waals surface area contributed by atoms with Crippen molar-refractivity contribution < 1.29 is 9.90 Å². The average molecular weight is 186 g/mol. The number of thiazole rings is 1. The summed E-state index contributed by atoms with van der Waals surface area (Å²) in [4.78, 5) is 16.3. The van der Waals surface area contributed by atoms with Gasteiger partial charge >= 0.3 is 5.97 Å². The van der Waals surface area contributed by atoms with Crippen LogP contribution in [0.25, 0.3) is 0 Å². The molecule has 0 amide bonds. The summed E-state index contributed by atoms with van der Waals surface area (Å²) in [6.07, 6.45) is 0. The quantitative estimate of drug-likeness (QED) is 0.762. The Balaban J connectivity index is 2.71. The molecule has 1 N–H and O–H groups in total. The molecule has 5 heteroatoms. The van der Waals surface area contributed by atoms with Crippen LogP contribution in [0.4, 0.5) is 0 Å². The first-order valence-electron chi connectivity index (χ1n) is 3.42. The molecule has 0 atom stereocenters. The molecule has 1 aromatic heterocycles. The topological polar surface area (TPSA) is 53.4 Å². The molecule has 0 saturated heterocycles. The predicted molar refractivity (Wildman–Crippen MR) is 46.5 cm³/mol. The highest BCUT2D eigenvalue weighted by atomic mass is 32.1. The highest BCUT2D eigenvalue weighted by molar-refractivity contribution is 7.11. The van der Waals surface area contributed by atoms with Crippen molar-refractivity contribution in [2.24, 2.45) is 0 Å². The van der Waals surface area contributed by atoms with E-state index < -0.39 is 5.97 Å². The lowest BCUT2D eigenvalue weighted by Crippen LogP contribution is -2.11. The second-order valence-corrected chi connectivity index (χ2v) is 3.55. The summed E-state index contributed by atoms with van der Waals surface area (Å²) < 4.78 is 0. The van der Waals surface area contributed by atoms with Crippen molar-refractivity contribution in [2.45, 2.75) is 6.54 Å². The van der Waals surface area contributed by atoms with E-state index in [0.29, 0.717) is 6.54 Å². The zero-order valence-corrected chi connectivity index (χ0v) is 7.76. The molecule has 0 radical (unpaired) electrons. The largest absolute Gasteiger partial charge is 0.476 e. The maximum atomic E-state index is 10.4. The minimum atomic E-state index is -0.954. The van der Waals surface area contributed by atoms with Gasteiger partial charge in [0.25, 0.3) is 0 Å². The number of nitrogens with zero attached hydrogens (tertiary/aromatic N) is 2. The van der Waals surface area contributed by atoms with Gasteiger partial charge in [-0.15, -0.1) is 11.3 Å². The molecule has 0 aliphatic heterocycles. The summed E-state index contributed by atoms with van der Waals surface area (Å²) in [6.45, 7) is 0.684. The van der Waals surface area contributed by atoms with Crippen LogP contribution in [0.3, 0.4) is 0 Å². The van der Waals surface area contributed by atoms with Crippen molar-refractivity contribution in [3.63, 3.8) is 0 Å². The Hall–Kier alpha value is -0.940. The van der Waals surface area contributed by atoms with Gasteiger partial charge in [-0.25, -0.2) is 9.78 Å². The third-order valence-corrected chi connectivity index (χ3v) is 2.09. The minimum absolute atomic E-state index is 0.159. The number of carboxylic acid groups (broad SMARTS) is 1. The number of hydrogen-bond acceptors (Lipinski definition) is 4. The SMILES string of the molecule is CN(C)Cc1csc(C(=O)O)n1. The molecule has 1 rings (SSSR count). The molecule has 0 saturated carbocycles. The minimum Gasteiger partial charge on any atom is -0.476 e. The Bertz CT molecular complexity index is 283. The van der Waals surface area contributed by atoms with Gasteiger partial charge in [-0.1, -0.05) is 0 Å². The summed E-state index contributed by atoms with van der Waals surface area (Å²) in [7, 11) is 3.83. The molecule has 0 aliphatic rings. The van der Waals surface area contributed by atoms with Gasteiger partial charge in [0, 0.05) is 11.9 Å². The molecule has 4 nitrogen and oxygen atoms in total. The third-order valence-electron chi connectivity index (χ3n) is 1.21. The molecule has 1 aromatic rings. The van der Waals surface area contributed by atoms with E-state index in [-0.39, 0.29) is 5.01 Å². The van der Waals surface area contributed by atoms with E-state index in [4.69, 9.17) is 5.11 Å². The van der Waals surface area contributed by atoms with E-state index in [1.807, 2.05) is 19.0 Å². The molecule has 0 unspecified atom stereocenters. The molecular formula is C7H10N2O2S. The van der Waals surface area contributed by atoms with Gasteiger partial charge in [-0.05, 0) is 14.1 Å². The van der Waals surface area contributed by atoms with Gasteiger partial charge in [0.1, 0.15) is 0 Å². The monoisotopic (exact) mass is 186 g/mol. The first-order valence-corrected chi connectivity index (χ1v) is 4.30. The third kappa shape index (κ3) is 2.28. The van der Waals surface area contributed by atoms with Gasteiger partial charge in [-0.3, -0.25) is 0 Å². The Morgan fingerprint density at radius 1 is 1.75 bits per heavy atom. The van der Waals surface area contributed by atoms with Crippen LogP contribution in [0.2, 0.25) is 0 Å². The van der Waals surface area contributed by atoms with E-state index >= 15 is 0 Å². The number of hydrogen-bond donors (Lipinski definition) is 1. The Morgan fingerprint density at radius 2 is 2.42 bits per heavy atom. The predicted octanol–water partition coefficient (Wildman–Crippen LogP) is 0.903. The standard InChI is InChI=1S/C7H10N2O2S/c1-9(2)3-5-4-12-6(8-5)7(10)11/h4H,3H2,1-2H3,(H,10,11). The van der Waals surface area contributed by atoms with Crippen molar-refractivity contribution in [3.05, 3.63) is 16.1 Å². The summed E-state index contributed by atoms with van der Waals surface area (Å²) in [5, 5.41) is 10.5. The Labute approximate surface area is 74.5 Å². The van der Waals surface area contributed by atoms with E-state index in [1.54, 1.807) is 5.38 Å². The molecule has 1 heterocycles. The second kappa shape index (κ2) is 3.64.